The largest absolute Gasteiger partial charge is 0.508 e. The quantitative estimate of drug-likeness (QED) is 0.671. The van der Waals surface area contributed by atoms with Gasteiger partial charge in [0.1, 0.15) is 5.75 Å². The molecule has 1 aliphatic rings. The van der Waals surface area contributed by atoms with Crippen molar-refractivity contribution in [2.75, 3.05) is 25.0 Å². The van der Waals surface area contributed by atoms with E-state index >= 15 is 0 Å². The second-order valence-corrected chi connectivity index (χ2v) is 3.52. The van der Waals surface area contributed by atoms with Crippen molar-refractivity contribution in [1.29, 1.82) is 0 Å². The maximum atomic E-state index is 9.67. The Morgan fingerprint density at radius 1 is 1.62 bits per heavy atom. The molecule has 70 valence electrons. The number of rotatable bonds is 1. The first kappa shape index (κ1) is 8.38. The van der Waals surface area contributed by atoms with Crippen LogP contribution in [0, 0.1) is 0 Å². The van der Waals surface area contributed by atoms with E-state index in [2.05, 4.69) is 4.90 Å². The molecule has 13 heavy (non-hydrogen) atoms. The number of fused-ring (bicyclic) bond motifs is 1. The normalized spacial score (nSPS) is 20.5. The standard InChI is InChI=1S/C10H14N2O/c1-12-6-7(5-11)10-8(12)3-2-4-9(10)13/h2-4,7,13H,5-6,11H2,1H3. The zero-order valence-electron chi connectivity index (χ0n) is 7.70. The number of hydrogen-bond donors (Lipinski definition) is 2. The van der Waals surface area contributed by atoms with Crippen LogP contribution >= 0.6 is 0 Å². The van der Waals surface area contributed by atoms with Crippen LogP contribution in [0.15, 0.2) is 18.2 Å². The van der Waals surface area contributed by atoms with Crippen LogP contribution in [-0.2, 0) is 0 Å². The van der Waals surface area contributed by atoms with Crippen molar-refractivity contribution in [3.8, 4) is 5.75 Å². The number of nitrogens with two attached hydrogens (primary N) is 1. The molecule has 2 rings (SSSR count). The van der Waals surface area contributed by atoms with Crippen LogP contribution in [0.3, 0.4) is 0 Å². The Bertz CT molecular complexity index is 325. The Kier molecular flexibility index (Phi) is 1.88. The van der Waals surface area contributed by atoms with E-state index in [9.17, 15) is 5.11 Å². The van der Waals surface area contributed by atoms with Crippen LogP contribution in [0.1, 0.15) is 11.5 Å². The predicted molar refractivity (Wildman–Crippen MR) is 53.2 cm³/mol. The van der Waals surface area contributed by atoms with E-state index in [1.165, 1.54) is 0 Å². The Balaban J connectivity index is 2.52. The summed E-state index contributed by atoms with van der Waals surface area (Å²) in [5.74, 6) is 0.651. The third-order valence-electron chi connectivity index (χ3n) is 2.66. The molecule has 0 aromatic heterocycles. The Labute approximate surface area is 77.8 Å². The van der Waals surface area contributed by atoms with E-state index in [0.29, 0.717) is 12.3 Å². The van der Waals surface area contributed by atoms with Crippen LogP contribution in [-0.4, -0.2) is 25.2 Å². The van der Waals surface area contributed by atoms with E-state index in [1.54, 1.807) is 6.07 Å². The van der Waals surface area contributed by atoms with Gasteiger partial charge in [0.05, 0.1) is 0 Å². The second kappa shape index (κ2) is 2.92. The van der Waals surface area contributed by atoms with Crippen molar-refractivity contribution in [3.63, 3.8) is 0 Å². The van der Waals surface area contributed by atoms with Gasteiger partial charge in [-0.05, 0) is 12.1 Å². The summed E-state index contributed by atoms with van der Waals surface area (Å²) in [6, 6.07) is 5.61. The van der Waals surface area contributed by atoms with Gasteiger partial charge < -0.3 is 15.7 Å². The SMILES string of the molecule is CN1CC(CN)c2c(O)cccc21. The third-order valence-corrected chi connectivity index (χ3v) is 2.66. The maximum absolute atomic E-state index is 9.67. The molecule has 1 unspecified atom stereocenters. The van der Waals surface area contributed by atoms with Crippen molar-refractivity contribution >= 4 is 5.69 Å². The molecular weight excluding hydrogens is 164 g/mol. The fraction of sp³-hybridized carbons (Fsp3) is 0.400. The highest BCUT2D eigenvalue weighted by Gasteiger charge is 2.27. The fourth-order valence-corrected chi connectivity index (χ4v) is 2.00. The summed E-state index contributed by atoms with van der Waals surface area (Å²) in [6.45, 7) is 1.50. The van der Waals surface area contributed by atoms with Crippen molar-refractivity contribution in [2.24, 2.45) is 5.73 Å². The van der Waals surface area contributed by atoms with Gasteiger partial charge in [0.2, 0.25) is 0 Å². The monoisotopic (exact) mass is 178 g/mol. The van der Waals surface area contributed by atoms with Crippen LogP contribution in [0.4, 0.5) is 5.69 Å². The molecule has 3 N–H and O–H groups in total. The number of benzene rings is 1. The molecule has 1 aromatic rings. The number of phenolic OH excluding ortho intramolecular Hbond substituents is 1. The molecular formula is C10H14N2O. The highest BCUT2D eigenvalue weighted by Crippen LogP contribution is 2.40. The van der Waals surface area contributed by atoms with Crippen molar-refractivity contribution in [2.45, 2.75) is 5.92 Å². The van der Waals surface area contributed by atoms with E-state index in [-0.39, 0.29) is 5.92 Å². The van der Waals surface area contributed by atoms with E-state index in [1.807, 2.05) is 19.2 Å². The lowest BCUT2D eigenvalue weighted by atomic mass is 10.0. The van der Waals surface area contributed by atoms with Gasteiger partial charge in [-0.1, -0.05) is 6.07 Å². The molecule has 0 bridgehead atoms. The lowest BCUT2D eigenvalue weighted by Gasteiger charge is -2.11. The van der Waals surface area contributed by atoms with Crippen molar-refractivity contribution in [3.05, 3.63) is 23.8 Å². The number of phenols is 1. The van der Waals surface area contributed by atoms with Gasteiger partial charge in [0.15, 0.2) is 0 Å². The number of likely N-dealkylation sites (N-methyl/N-ethyl adjacent to an activating group) is 1. The average Bonchev–Trinajstić information content (AvgIpc) is 2.45. The summed E-state index contributed by atoms with van der Waals surface area (Å²) >= 11 is 0. The Hall–Kier alpha value is -1.22. The first-order chi connectivity index (χ1) is 6.24. The first-order valence-corrected chi connectivity index (χ1v) is 4.47. The third kappa shape index (κ3) is 1.16. The smallest absolute Gasteiger partial charge is 0.121 e. The topological polar surface area (TPSA) is 49.5 Å². The molecule has 3 heteroatoms. The Morgan fingerprint density at radius 2 is 2.38 bits per heavy atom. The molecule has 0 fully saturated rings. The molecule has 0 spiro atoms. The number of hydrogen-bond acceptors (Lipinski definition) is 3. The van der Waals surface area contributed by atoms with E-state index in [4.69, 9.17) is 5.73 Å². The number of anilines is 1. The molecule has 0 amide bonds. The minimum absolute atomic E-state index is 0.279. The molecule has 1 heterocycles. The van der Waals surface area contributed by atoms with Crippen molar-refractivity contribution < 1.29 is 5.11 Å². The van der Waals surface area contributed by atoms with Gasteiger partial charge in [0.25, 0.3) is 0 Å². The van der Waals surface area contributed by atoms with Gasteiger partial charge in [0, 0.05) is 37.3 Å². The summed E-state index contributed by atoms with van der Waals surface area (Å²) in [5, 5.41) is 9.67. The van der Waals surface area contributed by atoms with Crippen LogP contribution in [0.2, 0.25) is 0 Å². The van der Waals surface area contributed by atoms with Gasteiger partial charge in [-0.3, -0.25) is 0 Å². The predicted octanol–water partition coefficient (Wildman–Crippen LogP) is 0.884. The lowest BCUT2D eigenvalue weighted by molar-refractivity contribution is 0.465. The van der Waals surface area contributed by atoms with Crippen LogP contribution in [0.5, 0.6) is 5.75 Å². The summed E-state index contributed by atoms with van der Waals surface area (Å²) in [6.07, 6.45) is 0. The molecule has 1 aromatic carbocycles. The second-order valence-electron chi connectivity index (χ2n) is 3.52. The lowest BCUT2D eigenvalue weighted by Crippen LogP contribution is -2.20. The fourth-order valence-electron chi connectivity index (χ4n) is 2.00. The van der Waals surface area contributed by atoms with Crippen LogP contribution in [0.25, 0.3) is 0 Å². The maximum Gasteiger partial charge on any atom is 0.121 e. The highest BCUT2D eigenvalue weighted by atomic mass is 16.3. The summed E-state index contributed by atoms with van der Waals surface area (Å²) < 4.78 is 0. The van der Waals surface area contributed by atoms with Crippen molar-refractivity contribution in [1.82, 2.24) is 0 Å². The molecule has 0 radical (unpaired) electrons. The number of aromatic hydroxyl groups is 1. The van der Waals surface area contributed by atoms with Gasteiger partial charge in [-0.15, -0.1) is 0 Å². The summed E-state index contributed by atoms with van der Waals surface area (Å²) in [5.41, 5.74) is 7.76. The van der Waals surface area contributed by atoms with Crippen LogP contribution < -0.4 is 10.6 Å². The van der Waals surface area contributed by atoms with E-state index < -0.39 is 0 Å². The minimum Gasteiger partial charge on any atom is -0.508 e. The van der Waals surface area contributed by atoms with Gasteiger partial charge >= 0.3 is 0 Å². The molecule has 1 aliphatic heterocycles. The van der Waals surface area contributed by atoms with Gasteiger partial charge in [-0.2, -0.15) is 0 Å². The molecule has 3 nitrogen and oxygen atoms in total. The summed E-state index contributed by atoms with van der Waals surface area (Å²) in [4.78, 5) is 2.13. The van der Waals surface area contributed by atoms with Gasteiger partial charge in [-0.25, -0.2) is 0 Å². The summed E-state index contributed by atoms with van der Waals surface area (Å²) in [7, 11) is 2.02. The first-order valence-electron chi connectivity index (χ1n) is 4.47. The van der Waals surface area contributed by atoms with E-state index in [0.717, 1.165) is 17.8 Å². The molecule has 0 saturated carbocycles. The zero-order valence-corrected chi connectivity index (χ0v) is 7.70. The molecule has 0 aliphatic carbocycles. The zero-order chi connectivity index (χ0) is 9.42. The highest BCUT2D eigenvalue weighted by molar-refractivity contribution is 5.64. The Morgan fingerprint density at radius 3 is 3.08 bits per heavy atom. The molecule has 1 atom stereocenters. The average molecular weight is 178 g/mol. The number of nitrogens with zero attached hydrogens (tertiary/aromatic N) is 1. The molecule has 0 saturated heterocycles. The minimum atomic E-state index is 0.279.